The molecule has 9 atom stereocenters. The lowest BCUT2D eigenvalue weighted by Crippen LogP contribution is -2.66. The molecule has 0 amide bonds. The van der Waals surface area contributed by atoms with Gasteiger partial charge >= 0.3 is 5.97 Å². The summed E-state index contributed by atoms with van der Waals surface area (Å²) in [6.07, 6.45) is 4.22. The number of Topliss-reactive ketones (excluding diaryl/α,β-unsaturated/α-hetero) is 1. The first-order chi connectivity index (χ1) is 13.4. The van der Waals surface area contributed by atoms with E-state index in [1.165, 1.54) is 12.2 Å². The number of allylic oxidation sites excluding steroid dienone is 4. The van der Waals surface area contributed by atoms with Gasteiger partial charge in [-0.15, -0.1) is 23.2 Å². The van der Waals surface area contributed by atoms with Crippen molar-refractivity contribution in [2.24, 2.45) is 34.5 Å². The van der Waals surface area contributed by atoms with Crippen molar-refractivity contribution in [2.45, 2.75) is 56.5 Å². The molecule has 0 bridgehead atoms. The van der Waals surface area contributed by atoms with Crippen LogP contribution >= 0.6 is 23.2 Å². The number of hydrogen-bond acceptors (Lipinski definition) is 3. The summed E-state index contributed by atoms with van der Waals surface area (Å²) >= 11 is 14.2. The molecule has 0 radical (unpaired) electrons. The van der Waals surface area contributed by atoms with Crippen molar-refractivity contribution < 1.29 is 23.9 Å². The maximum Gasteiger partial charge on any atom is 0.372 e. The topological polar surface area (TPSA) is 71.4 Å². The molecule has 0 aromatic rings. The molecule has 0 aromatic carbocycles. The summed E-state index contributed by atoms with van der Waals surface area (Å²) in [5.74, 6) is -3.77. The van der Waals surface area contributed by atoms with Gasteiger partial charge in [-0.05, 0) is 60.2 Å². The molecule has 0 aliphatic heterocycles. The van der Waals surface area contributed by atoms with E-state index in [0.717, 1.165) is 0 Å². The zero-order valence-electron chi connectivity index (χ0n) is 16.6. The van der Waals surface area contributed by atoms with Crippen LogP contribution in [0.1, 0.15) is 40.0 Å². The third kappa shape index (κ3) is 2.52. The van der Waals surface area contributed by atoms with Crippen LogP contribution in [0.3, 0.4) is 0 Å². The highest BCUT2D eigenvalue weighted by atomic mass is 35.5. The van der Waals surface area contributed by atoms with E-state index in [2.05, 4.69) is 0 Å². The van der Waals surface area contributed by atoms with Crippen LogP contribution in [-0.4, -0.2) is 39.1 Å². The average Bonchev–Trinajstić information content (AvgIpc) is 2.89. The van der Waals surface area contributed by atoms with Crippen molar-refractivity contribution in [3.63, 3.8) is 0 Å². The van der Waals surface area contributed by atoms with E-state index in [9.17, 15) is 19.5 Å². The molecular formula is C22H25Cl2FO4. The van der Waals surface area contributed by atoms with E-state index in [-0.39, 0.29) is 30.0 Å². The number of alkyl halides is 3. The van der Waals surface area contributed by atoms with Gasteiger partial charge < -0.3 is 5.11 Å². The van der Waals surface area contributed by atoms with Crippen LogP contribution in [0.4, 0.5) is 4.39 Å². The molecule has 0 unspecified atom stereocenters. The molecule has 7 heteroatoms. The Morgan fingerprint density at radius 1 is 1.24 bits per heavy atom. The first kappa shape index (κ1) is 21.0. The fraction of sp³-hybridized carbons (Fsp3) is 0.682. The van der Waals surface area contributed by atoms with Crippen LogP contribution in [0.25, 0.3) is 0 Å². The van der Waals surface area contributed by atoms with Gasteiger partial charge in [0.15, 0.2) is 5.78 Å². The molecule has 0 saturated heterocycles. The fourth-order valence-electron chi connectivity index (χ4n) is 7.20. The molecule has 3 fully saturated rings. The number of halogens is 3. The zero-order chi connectivity index (χ0) is 21.5. The number of ketones is 2. The van der Waals surface area contributed by atoms with Gasteiger partial charge in [0.05, 0.1) is 10.3 Å². The van der Waals surface area contributed by atoms with E-state index in [1.807, 2.05) is 20.8 Å². The number of fused-ring (bicyclic) bond motifs is 5. The summed E-state index contributed by atoms with van der Waals surface area (Å²) in [4.78, 5) is 34.9. The minimum absolute atomic E-state index is 0.121. The molecule has 4 rings (SSSR count). The predicted molar refractivity (Wildman–Crippen MR) is 108 cm³/mol. The van der Waals surface area contributed by atoms with E-state index >= 15 is 4.39 Å². The smallest absolute Gasteiger partial charge is 0.372 e. The van der Waals surface area contributed by atoms with Crippen molar-refractivity contribution in [2.75, 3.05) is 0 Å². The molecule has 0 aromatic heterocycles. The summed E-state index contributed by atoms with van der Waals surface area (Å²) in [7, 11) is 0. The van der Waals surface area contributed by atoms with Crippen LogP contribution in [0.2, 0.25) is 0 Å². The maximum atomic E-state index is 15.4. The molecule has 1 N–H and O–H groups in total. The lowest BCUT2D eigenvalue weighted by Gasteiger charge is -2.63. The summed E-state index contributed by atoms with van der Waals surface area (Å²) in [5.41, 5.74) is -1.21. The third-order valence-corrected chi connectivity index (χ3v) is 9.96. The van der Waals surface area contributed by atoms with Crippen molar-refractivity contribution in [1.29, 1.82) is 0 Å². The molecule has 29 heavy (non-hydrogen) atoms. The quantitative estimate of drug-likeness (QED) is 0.509. The maximum absolute atomic E-state index is 15.4. The molecule has 3 saturated carbocycles. The number of carboxylic acid groups (broad SMARTS) is 1. The highest BCUT2D eigenvalue weighted by Crippen LogP contribution is 2.71. The second kappa shape index (κ2) is 6.40. The Hall–Kier alpha value is -1.20. The van der Waals surface area contributed by atoms with E-state index < -0.39 is 44.9 Å². The predicted octanol–water partition coefficient (Wildman–Crippen LogP) is 4.34. The highest BCUT2D eigenvalue weighted by molar-refractivity contribution is 6.35. The summed E-state index contributed by atoms with van der Waals surface area (Å²) in [6.45, 7) is 5.64. The van der Waals surface area contributed by atoms with Crippen molar-refractivity contribution in [3.8, 4) is 0 Å². The standard InChI is InChI=1S/C22H25Cl2FO4/c1-10-6-12-13-8-15(25)14-7-11(26)4-5-21(14,3)22(13,24)16(23)9-20(12,2)17(10)18(27)19(28)29/h4-5,7,10,12-13,15-17H,6,8-9H2,1-3H3,(H,28,29)/t10-,12+,13+,15+,16+,17-,20+,21+,22+/m1/s1. The first-order valence-electron chi connectivity index (χ1n) is 10.1. The molecule has 0 spiro atoms. The Kier molecular flexibility index (Phi) is 4.64. The lowest BCUT2D eigenvalue weighted by molar-refractivity contribution is -0.154. The fourth-order valence-corrected chi connectivity index (χ4v) is 8.41. The minimum Gasteiger partial charge on any atom is -0.475 e. The second-order valence-electron chi connectivity index (χ2n) is 9.76. The number of rotatable bonds is 2. The van der Waals surface area contributed by atoms with Gasteiger partial charge in [-0.2, -0.15) is 0 Å². The van der Waals surface area contributed by atoms with Gasteiger partial charge in [-0.25, -0.2) is 9.18 Å². The Morgan fingerprint density at radius 2 is 1.90 bits per heavy atom. The average molecular weight is 443 g/mol. The molecule has 4 aliphatic rings. The van der Waals surface area contributed by atoms with E-state index in [1.54, 1.807) is 6.08 Å². The van der Waals surface area contributed by atoms with Crippen molar-refractivity contribution >= 4 is 40.7 Å². The summed E-state index contributed by atoms with van der Waals surface area (Å²) < 4.78 is 15.4. The number of carbonyl (C=O) groups is 3. The largest absolute Gasteiger partial charge is 0.475 e. The van der Waals surface area contributed by atoms with Crippen molar-refractivity contribution in [1.82, 2.24) is 0 Å². The Morgan fingerprint density at radius 3 is 2.52 bits per heavy atom. The second-order valence-corrected chi connectivity index (χ2v) is 10.9. The van der Waals surface area contributed by atoms with Gasteiger partial charge in [-0.3, -0.25) is 9.59 Å². The van der Waals surface area contributed by atoms with Crippen molar-refractivity contribution in [3.05, 3.63) is 23.8 Å². The highest BCUT2D eigenvalue weighted by Gasteiger charge is 2.71. The zero-order valence-corrected chi connectivity index (χ0v) is 18.1. The minimum atomic E-state index is -1.43. The molecule has 4 aliphatic carbocycles. The molecular weight excluding hydrogens is 418 g/mol. The van der Waals surface area contributed by atoms with Crippen LogP contribution < -0.4 is 0 Å². The molecule has 0 heterocycles. The lowest BCUT2D eigenvalue weighted by atomic mass is 9.46. The summed E-state index contributed by atoms with van der Waals surface area (Å²) in [5, 5.41) is 8.75. The molecule has 158 valence electrons. The Labute approximate surface area is 179 Å². The number of hydrogen-bond donors (Lipinski definition) is 1. The van der Waals surface area contributed by atoms with E-state index in [0.29, 0.717) is 18.4 Å². The van der Waals surface area contributed by atoms with Gasteiger partial charge in [0, 0.05) is 11.3 Å². The SMILES string of the molecule is C[C@@H]1C[C@H]2[C@@H]3C[C@H](F)C4=CC(=O)C=C[C@]4(C)[C@@]3(Cl)[C@@H](Cl)C[C@]2(C)[C@H]1C(=O)C(=O)O. The van der Waals surface area contributed by atoms with Crippen LogP contribution in [0, 0.1) is 34.5 Å². The monoisotopic (exact) mass is 442 g/mol. The van der Waals surface area contributed by atoms with Gasteiger partial charge in [0.25, 0.3) is 0 Å². The number of aliphatic carboxylic acids is 1. The van der Waals surface area contributed by atoms with Crippen LogP contribution in [0.15, 0.2) is 23.8 Å². The summed E-state index contributed by atoms with van der Waals surface area (Å²) in [6, 6.07) is 0. The Bertz CT molecular complexity index is 869. The first-order valence-corrected chi connectivity index (χ1v) is 10.9. The number of carboxylic acids is 1. The number of carbonyl (C=O) groups excluding carboxylic acids is 2. The molecule has 4 nitrogen and oxygen atoms in total. The van der Waals surface area contributed by atoms with E-state index in [4.69, 9.17) is 23.2 Å². The Balaban J connectivity index is 1.84. The van der Waals surface area contributed by atoms with Gasteiger partial charge in [0.2, 0.25) is 5.78 Å². The van der Waals surface area contributed by atoms with Crippen LogP contribution in [-0.2, 0) is 14.4 Å². The third-order valence-electron chi connectivity index (χ3n) is 8.42. The van der Waals surface area contributed by atoms with Crippen LogP contribution in [0.5, 0.6) is 0 Å². The normalized spacial score (nSPS) is 51.0. The van der Waals surface area contributed by atoms with Gasteiger partial charge in [-0.1, -0.05) is 26.8 Å². The van der Waals surface area contributed by atoms with Gasteiger partial charge in [0.1, 0.15) is 6.17 Å².